The number of nitrogens with zero attached hydrogens (tertiary/aromatic N) is 2. The van der Waals surface area contributed by atoms with Gasteiger partial charge in [0.05, 0.1) is 12.5 Å². The standard InChI is InChI=1S/C10H14BrN3O2S/c1-6(9(12)13-16)10(15)14(2)4-8-3-7(11)5-17-8/h3,5-6,16H,4H2,1-2H3,(H2,12,13). The van der Waals surface area contributed by atoms with Gasteiger partial charge in [0.25, 0.3) is 0 Å². The van der Waals surface area contributed by atoms with Gasteiger partial charge in [0.2, 0.25) is 5.91 Å². The van der Waals surface area contributed by atoms with Crippen molar-refractivity contribution in [2.45, 2.75) is 13.5 Å². The number of rotatable bonds is 4. The second-order valence-electron chi connectivity index (χ2n) is 3.67. The molecule has 1 atom stereocenters. The Morgan fingerprint density at radius 2 is 2.41 bits per heavy atom. The summed E-state index contributed by atoms with van der Waals surface area (Å²) in [6, 6.07) is 1.96. The number of oxime groups is 1. The molecule has 0 bridgehead atoms. The normalized spacial score (nSPS) is 13.5. The molecule has 17 heavy (non-hydrogen) atoms. The number of amidine groups is 1. The maximum atomic E-state index is 11.9. The second kappa shape index (κ2) is 6.02. The Hall–Kier alpha value is -1.08. The average molecular weight is 320 g/mol. The zero-order valence-electron chi connectivity index (χ0n) is 9.55. The van der Waals surface area contributed by atoms with Gasteiger partial charge in [-0.3, -0.25) is 4.79 Å². The molecule has 0 aliphatic heterocycles. The summed E-state index contributed by atoms with van der Waals surface area (Å²) in [6.07, 6.45) is 0. The molecule has 0 saturated heterocycles. The number of carbonyl (C=O) groups excluding carboxylic acids is 1. The molecule has 1 heterocycles. The molecule has 3 N–H and O–H groups in total. The Morgan fingerprint density at radius 1 is 1.76 bits per heavy atom. The van der Waals surface area contributed by atoms with Gasteiger partial charge in [-0.05, 0) is 28.9 Å². The number of carbonyl (C=O) groups is 1. The summed E-state index contributed by atoms with van der Waals surface area (Å²) < 4.78 is 1.00. The first-order valence-electron chi connectivity index (χ1n) is 4.91. The van der Waals surface area contributed by atoms with E-state index in [0.717, 1.165) is 9.35 Å². The summed E-state index contributed by atoms with van der Waals surface area (Å²) in [6.45, 7) is 2.12. The first-order chi connectivity index (χ1) is 7.95. The molecule has 0 aliphatic carbocycles. The van der Waals surface area contributed by atoms with Crippen molar-refractivity contribution >= 4 is 39.0 Å². The first kappa shape index (κ1) is 14.0. The monoisotopic (exact) mass is 319 g/mol. The van der Waals surface area contributed by atoms with Crippen LogP contribution >= 0.6 is 27.3 Å². The Bertz CT molecular complexity index is 433. The van der Waals surface area contributed by atoms with Gasteiger partial charge in [-0.2, -0.15) is 0 Å². The van der Waals surface area contributed by atoms with E-state index < -0.39 is 5.92 Å². The van der Waals surface area contributed by atoms with Crippen LogP contribution in [0.25, 0.3) is 0 Å². The molecule has 0 radical (unpaired) electrons. The summed E-state index contributed by atoms with van der Waals surface area (Å²) in [5.41, 5.74) is 5.40. The topological polar surface area (TPSA) is 78.9 Å². The highest BCUT2D eigenvalue weighted by Crippen LogP contribution is 2.21. The third-order valence-corrected chi connectivity index (χ3v) is 4.00. The summed E-state index contributed by atoms with van der Waals surface area (Å²) in [5.74, 6) is -0.868. The summed E-state index contributed by atoms with van der Waals surface area (Å²) >= 11 is 4.93. The molecule has 1 amide bonds. The Labute approximate surface area is 112 Å². The van der Waals surface area contributed by atoms with Crippen LogP contribution in [0, 0.1) is 5.92 Å². The van der Waals surface area contributed by atoms with Gasteiger partial charge >= 0.3 is 0 Å². The lowest BCUT2D eigenvalue weighted by Crippen LogP contribution is -2.38. The minimum atomic E-state index is -0.617. The van der Waals surface area contributed by atoms with Crippen molar-refractivity contribution in [2.75, 3.05) is 7.05 Å². The molecular formula is C10H14BrN3O2S. The van der Waals surface area contributed by atoms with Crippen LogP contribution in [-0.4, -0.2) is 28.9 Å². The van der Waals surface area contributed by atoms with Crippen molar-refractivity contribution in [3.8, 4) is 0 Å². The molecule has 0 aromatic carbocycles. The Kier molecular flexibility index (Phi) is 4.95. The highest BCUT2D eigenvalue weighted by atomic mass is 79.9. The quantitative estimate of drug-likeness (QED) is 0.385. The second-order valence-corrected chi connectivity index (χ2v) is 5.58. The predicted molar refractivity (Wildman–Crippen MR) is 71.1 cm³/mol. The van der Waals surface area contributed by atoms with Gasteiger partial charge in [-0.1, -0.05) is 5.16 Å². The van der Waals surface area contributed by atoms with Crippen LogP contribution in [0.2, 0.25) is 0 Å². The van der Waals surface area contributed by atoms with Gasteiger partial charge < -0.3 is 15.8 Å². The smallest absolute Gasteiger partial charge is 0.233 e. The maximum absolute atomic E-state index is 11.9. The van der Waals surface area contributed by atoms with E-state index in [1.165, 1.54) is 0 Å². The highest BCUT2D eigenvalue weighted by molar-refractivity contribution is 9.10. The molecule has 1 aromatic heterocycles. The number of thiophene rings is 1. The SMILES string of the molecule is CC(C(=O)N(C)Cc1cc(Br)cs1)C(N)=NO. The van der Waals surface area contributed by atoms with Gasteiger partial charge in [0.15, 0.2) is 5.84 Å². The van der Waals surface area contributed by atoms with E-state index in [1.807, 2.05) is 11.4 Å². The van der Waals surface area contributed by atoms with Crippen LogP contribution in [0.3, 0.4) is 0 Å². The molecule has 1 aromatic rings. The molecule has 0 spiro atoms. The molecule has 0 fully saturated rings. The third-order valence-electron chi connectivity index (χ3n) is 2.32. The van der Waals surface area contributed by atoms with Crippen LogP contribution in [0.4, 0.5) is 0 Å². The molecule has 1 rings (SSSR count). The van der Waals surface area contributed by atoms with Gasteiger partial charge in [0, 0.05) is 21.8 Å². The Balaban J connectivity index is 2.64. The fourth-order valence-electron chi connectivity index (χ4n) is 1.29. The summed E-state index contributed by atoms with van der Waals surface area (Å²) in [5, 5.41) is 13.3. The first-order valence-corrected chi connectivity index (χ1v) is 6.58. The van der Waals surface area contributed by atoms with Crippen molar-refractivity contribution in [3.05, 3.63) is 20.8 Å². The van der Waals surface area contributed by atoms with E-state index in [0.29, 0.717) is 6.54 Å². The van der Waals surface area contributed by atoms with Crippen LogP contribution in [0.1, 0.15) is 11.8 Å². The third kappa shape index (κ3) is 3.71. The highest BCUT2D eigenvalue weighted by Gasteiger charge is 2.21. The maximum Gasteiger partial charge on any atom is 0.233 e. The zero-order valence-corrected chi connectivity index (χ0v) is 12.0. The van der Waals surface area contributed by atoms with Crippen molar-refractivity contribution in [1.29, 1.82) is 0 Å². The van der Waals surface area contributed by atoms with E-state index >= 15 is 0 Å². The number of halogens is 1. The summed E-state index contributed by atoms with van der Waals surface area (Å²) in [7, 11) is 1.69. The number of hydrogen-bond acceptors (Lipinski definition) is 4. The minimum Gasteiger partial charge on any atom is -0.409 e. The molecule has 94 valence electrons. The number of amides is 1. The lowest BCUT2D eigenvalue weighted by atomic mass is 10.1. The lowest BCUT2D eigenvalue weighted by molar-refractivity contribution is -0.132. The molecule has 5 nitrogen and oxygen atoms in total. The average Bonchev–Trinajstić information content (AvgIpc) is 2.71. The van der Waals surface area contributed by atoms with Crippen LogP contribution in [0.15, 0.2) is 21.1 Å². The lowest BCUT2D eigenvalue weighted by Gasteiger charge is -2.19. The van der Waals surface area contributed by atoms with Crippen molar-refractivity contribution < 1.29 is 10.0 Å². The zero-order chi connectivity index (χ0) is 13.0. The summed E-state index contributed by atoms with van der Waals surface area (Å²) in [4.78, 5) is 14.5. The molecule has 7 heteroatoms. The van der Waals surface area contributed by atoms with E-state index in [9.17, 15) is 4.79 Å². The number of hydrogen-bond donors (Lipinski definition) is 2. The molecule has 0 aliphatic rings. The largest absolute Gasteiger partial charge is 0.409 e. The van der Waals surface area contributed by atoms with Crippen LogP contribution in [0.5, 0.6) is 0 Å². The van der Waals surface area contributed by atoms with E-state index in [1.54, 1.807) is 30.2 Å². The Morgan fingerprint density at radius 3 is 2.88 bits per heavy atom. The molecule has 0 saturated carbocycles. The number of nitrogens with two attached hydrogens (primary N) is 1. The van der Waals surface area contributed by atoms with Crippen molar-refractivity contribution in [1.82, 2.24) is 4.90 Å². The fourth-order valence-corrected chi connectivity index (χ4v) is 2.80. The van der Waals surface area contributed by atoms with Gasteiger partial charge in [0.1, 0.15) is 0 Å². The van der Waals surface area contributed by atoms with Crippen molar-refractivity contribution in [3.63, 3.8) is 0 Å². The minimum absolute atomic E-state index is 0.0748. The van der Waals surface area contributed by atoms with Crippen LogP contribution in [-0.2, 0) is 11.3 Å². The molecule has 1 unspecified atom stereocenters. The van der Waals surface area contributed by atoms with Crippen molar-refractivity contribution in [2.24, 2.45) is 16.8 Å². The van der Waals surface area contributed by atoms with Gasteiger partial charge in [-0.25, -0.2) is 0 Å². The van der Waals surface area contributed by atoms with Gasteiger partial charge in [-0.15, -0.1) is 11.3 Å². The predicted octanol–water partition coefficient (Wildman–Crippen LogP) is 1.85. The van der Waals surface area contributed by atoms with E-state index in [2.05, 4.69) is 21.1 Å². The molecular weight excluding hydrogens is 306 g/mol. The van der Waals surface area contributed by atoms with E-state index in [4.69, 9.17) is 10.9 Å². The van der Waals surface area contributed by atoms with Crippen LogP contribution < -0.4 is 5.73 Å². The van der Waals surface area contributed by atoms with E-state index in [-0.39, 0.29) is 11.7 Å². The fraction of sp³-hybridized carbons (Fsp3) is 0.400.